The van der Waals surface area contributed by atoms with Gasteiger partial charge in [0.15, 0.2) is 11.6 Å². The molecule has 8 heteroatoms. The van der Waals surface area contributed by atoms with Crippen molar-refractivity contribution in [1.29, 1.82) is 0 Å². The van der Waals surface area contributed by atoms with Gasteiger partial charge in [-0.3, -0.25) is 14.4 Å². The van der Waals surface area contributed by atoms with Gasteiger partial charge < -0.3 is 25.5 Å². The molecule has 4 rings (SSSR count). The third kappa shape index (κ3) is 3.77. The molecule has 4 aliphatic carbocycles. The Morgan fingerprint density at radius 3 is 2.11 bits per heavy atom. The van der Waals surface area contributed by atoms with Gasteiger partial charge in [-0.15, -0.1) is 0 Å². The van der Waals surface area contributed by atoms with Gasteiger partial charge in [-0.1, -0.05) is 40.2 Å². The first-order valence-electron chi connectivity index (χ1n) is 13.9. The van der Waals surface area contributed by atoms with E-state index in [-0.39, 0.29) is 43.7 Å². The quantitative estimate of drug-likeness (QED) is 0.360. The number of allylic oxidation sites excluding steroid dienone is 1. The first kappa shape index (κ1) is 29.5. The number of ketones is 3. The van der Waals surface area contributed by atoms with Gasteiger partial charge in [0.1, 0.15) is 11.4 Å². The Kier molecular flexibility index (Phi) is 6.63. The van der Waals surface area contributed by atoms with E-state index in [0.717, 1.165) is 0 Å². The summed E-state index contributed by atoms with van der Waals surface area (Å²) in [5, 5.41) is 54.7. The summed E-state index contributed by atoms with van der Waals surface area (Å²) in [6, 6.07) is 0. The second-order valence-electron chi connectivity index (χ2n) is 14.8. The van der Waals surface area contributed by atoms with Gasteiger partial charge in [0.2, 0.25) is 0 Å². The molecule has 0 spiro atoms. The predicted octanol–water partition coefficient (Wildman–Crippen LogP) is 2.12. The molecule has 3 saturated carbocycles. The maximum Gasteiger partial charge on any atom is 0.164 e. The van der Waals surface area contributed by atoms with Crippen LogP contribution < -0.4 is 0 Å². The van der Waals surface area contributed by atoms with Crippen molar-refractivity contribution in [3.05, 3.63) is 11.6 Å². The highest BCUT2D eigenvalue weighted by Gasteiger charge is 2.76. The minimum Gasteiger partial charge on any atom is -0.393 e. The van der Waals surface area contributed by atoms with E-state index in [9.17, 15) is 39.9 Å². The van der Waals surface area contributed by atoms with Gasteiger partial charge in [0.25, 0.3) is 0 Å². The van der Waals surface area contributed by atoms with Crippen LogP contribution in [-0.4, -0.2) is 72.4 Å². The summed E-state index contributed by atoms with van der Waals surface area (Å²) in [5.41, 5.74) is -6.47. The zero-order chi connectivity index (χ0) is 29.0. The molecule has 0 radical (unpaired) electrons. The van der Waals surface area contributed by atoms with Gasteiger partial charge in [-0.2, -0.15) is 0 Å². The standard InChI is InChI=1S/C30H46O8/c1-25(2,37)10-9-20(34)30(8,38)23-19(33)13-27(5)22-17(31)11-15-16(12-18(32)24(36)26(15,3)4)29(22,7)21(35)14-28(23,27)6/h11,16,18-19,22-24,32-33,36-38H,9-10,12-14H2,1-8H3/t16-,18?,19?,22-,23-,24?,27-,28+,29?,30-/m0/s1. The molecule has 0 aromatic heterocycles. The normalized spacial score (nSPS) is 46.0. The molecular weight excluding hydrogens is 488 g/mol. The Balaban J connectivity index is 1.81. The molecule has 0 aromatic rings. The maximum absolute atomic E-state index is 14.2. The van der Waals surface area contributed by atoms with Crippen LogP contribution in [-0.2, 0) is 14.4 Å². The van der Waals surface area contributed by atoms with Crippen LogP contribution in [0.4, 0.5) is 0 Å². The molecule has 5 N–H and O–H groups in total. The molecule has 8 nitrogen and oxygen atoms in total. The van der Waals surface area contributed by atoms with Crippen molar-refractivity contribution < 1.29 is 39.9 Å². The average molecular weight is 535 g/mol. The van der Waals surface area contributed by atoms with Crippen molar-refractivity contribution in [2.24, 2.45) is 39.4 Å². The summed E-state index contributed by atoms with van der Waals surface area (Å²) < 4.78 is 0. The van der Waals surface area contributed by atoms with Crippen molar-refractivity contribution in [3.8, 4) is 0 Å². The molecular formula is C30H46O8. The van der Waals surface area contributed by atoms with Crippen molar-refractivity contribution in [2.75, 3.05) is 0 Å². The largest absolute Gasteiger partial charge is 0.393 e. The summed E-state index contributed by atoms with van der Waals surface area (Å²) in [4.78, 5) is 41.5. The number of fused-ring (bicyclic) bond motifs is 5. The third-order valence-corrected chi connectivity index (χ3v) is 11.5. The lowest BCUT2D eigenvalue weighted by atomic mass is 9.38. The van der Waals surface area contributed by atoms with Crippen LogP contribution in [0.2, 0.25) is 0 Å². The van der Waals surface area contributed by atoms with E-state index >= 15 is 0 Å². The van der Waals surface area contributed by atoms with Gasteiger partial charge >= 0.3 is 0 Å². The lowest BCUT2D eigenvalue weighted by molar-refractivity contribution is -0.189. The van der Waals surface area contributed by atoms with E-state index in [1.54, 1.807) is 47.6 Å². The van der Waals surface area contributed by atoms with E-state index in [4.69, 9.17) is 0 Å². The predicted molar refractivity (Wildman–Crippen MR) is 140 cm³/mol. The van der Waals surface area contributed by atoms with E-state index in [2.05, 4.69) is 0 Å². The number of aliphatic hydroxyl groups excluding tert-OH is 3. The fourth-order valence-electron chi connectivity index (χ4n) is 9.21. The van der Waals surface area contributed by atoms with Crippen molar-refractivity contribution >= 4 is 17.3 Å². The minimum atomic E-state index is -1.98. The number of hydrogen-bond acceptors (Lipinski definition) is 8. The van der Waals surface area contributed by atoms with Crippen LogP contribution in [0.1, 0.15) is 87.5 Å². The lowest BCUT2D eigenvalue weighted by Gasteiger charge is -2.64. The van der Waals surface area contributed by atoms with Crippen LogP contribution in [0.5, 0.6) is 0 Å². The first-order chi connectivity index (χ1) is 17.1. The minimum absolute atomic E-state index is 0.0384. The summed E-state index contributed by atoms with van der Waals surface area (Å²) in [6.07, 6.45) is -1.43. The zero-order valence-corrected chi connectivity index (χ0v) is 24.0. The topological polar surface area (TPSA) is 152 Å². The number of aliphatic hydroxyl groups is 5. The van der Waals surface area contributed by atoms with E-state index in [1.807, 2.05) is 6.92 Å². The summed E-state index contributed by atoms with van der Waals surface area (Å²) >= 11 is 0. The van der Waals surface area contributed by atoms with Gasteiger partial charge in [-0.25, -0.2) is 0 Å². The molecule has 0 bridgehead atoms. The molecule has 38 heavy (non-hydrogen) atoms. The summed E-state index contributed by atoms with van der Waals surface area (Å²) in [7, 11) is 0. The maximum atomic E-state index is 14.2. The highest BCUT2D eigenvalue weighted by atomic mass is 16.3. The number of carbonyl (C=O) groups excluding carboxylic acids is 3. The highest BCUT2D eigenvalue weighted by molar-refractivity contribution is 6.03. The van der Waals surface area contributed by atoms with E-state index in [1.165, 1.54) is 6.92 Å². The van der Waals surface area contributed by atoms with Gasteiger partial charge in [0.05, 0.1) is 23.9 Å². The zero-order valence-electron chi connectivity index (χ0n) is 24.0. The second-order valence-corrected chi connectivity index (χ2v) is 14.8. The first-order valence-corrected chi connectivity index (χ1v) is 13.9. The molecule has 0 aromatic carbocycles. The fraction of sp³-hybridized carbons (Fsp3) is 0.833. The van der Waals surface area contributed by atoms with Crippen LogP contribution in [0.3, 0.4) is 0 Å². The fourth-order valence-corrected chi connectivity index (χ4v) is 9.21. The second kappa shape index (κ2) is 8.53. The molecule has 214 valence electrons. The van der Waals surface area contributed by atoms with Gasteiger partial charge in [-0.05, 0) is 62.9 Å². The van der Waals surface area contributed by atoms with Gasteiger partial charge in [0, 0.05) is 35.5 Å². The Bertz CT molecular complexity index is 1080. The molecule has 0 amide bonds. The molecule has 4 aliphatic rings. The molecule has 0 aliphatic heterocycles. The van der Waals surface area contributed by atoms with E-state index in [0.29, 0.717) is 5.57 Å². The number of hydrogen-bond donors (Lipinski definition) is 5. The van der Waals surface area contributed by atoms with Crippen LogP contribution in [0, 0.1) is 39.4 Å². The molecule has 3 fully saturated rings. The summed E-state index contributed by atoms with van der Waals surface area (Å²) in [6.45, 7) is 13.6. The smallest absolute Gasteiger partial charge is 0.164 e. The van der Waals surface area contributed by atoms with Crippen molar-refractivity contribution in [1.82, 2.24) is 0 Å². The third-order valence-electron chi connectivity index (χ3n) is 11.5. The molecule has 0 heterocycles. The highest BCUT2D eigenvalue weighted by Crippen LogP contribution is 2.73. The SMILES string of the molecule is CC(C)(O)CCC(=O)[C@](C)(O)[C@H]1C(O)C[C@@]2(C)[C@@H]3C(=O)C=C4[C@H](CC(O)C(O)C4(C)C)C3(C)C(=O)C[C@]12C. The Morgan fingerprint density at radius 2 is 1.55 bits per heavy atom. The van der Waals surface area contributed by atoms with Crippen LogP contribution >= 0.6 is 0 Å². The number of carbonyl (C=O) groups is 3. The lowest BCUT2D eigenvalue weighted by Crippen LogP contribution is -2.67. The molecule has 0 saturated heterocycles. The number of rotatable bonds is 5. The average Bonchev–Trinajstić information content (AvgIpc) is 2.96. The summed E-state index contributed by atoms with van der Waals surface area (Å²) in [5.74, 6) is -3.23. The van der Waals surface area contributed by atoms with Crippen LogP contribution in [0.15, 0.2) is 11.6 Å². The van der Waals surface area contributed by atoms with Crippen LogP contribution in [0.25, 0.3) is 0 Å². The molecule has 10 atom stereocenters. The van der Waals surface area contributed by atoms with E-state index < -0.39 is 74.7 Å². The molecule has 4 unspecified atom stereocenters. The monoisotopic (exact) mass is 534 g/mol. The Hall–Kier alpha value is -1.45. The Morgan fingerprint density at radius 1 is 0.974 bits per heavy atom. The van der Waals surface area contributed by atoms with Crippen molar-refractivity contribution in [2.45, 2.75) is 117 Å². The van der Waals surface area contributed by atoms with Crippen molar-refractivity contribution in [3.63, 3.8) is 0 Å². The number of Topliss-reactive ketones (excluding diaryl/α,β-unsaturated/α-hetero) is 2. The Labute approximate surface area is 225 Å².